The Hall–Kier alpha value is -2.94. The third kappa shape index (κ3) is 4.48. The molecule has 196 valence electrons. The van der Waals surface area contributed by atoms with Crippen LogP contribution in [0.2, 0.25) is 15.1 Å². The quantitative estimate of drug-likeness (QED) is 0.218. The van der Waals surface area contributed by atoms with Crippen molar-refractivity contribution in [3.05, 3.63) is 69.7 Å². The predicted molar refractivity (Wildman–Crippen MR) is 153 cm³/mol. The highest BCUT2D eigenvalue weighted by Gasteiger charge is 2.28. The number of benzene rings is 2. The van der Waals surface area contributed by atoms with E-state index >= 15 is 0 Å². The Balaban J connectivity index is 1.59. The van der Waals surface area contributed by atoms with Gasteiger partial charge >= 0.3 is 5.97 Å². The Morgan fingerprint density at radius 3 is 2.42 bits per heavy atom. The van der Waals surface area contributed by atoms with Crippen LogP contribution in [-0.4, -0.2) is 65.4 Å². The van der Waals surface area contributed by atoms with Crippen molar-refractivity contribution in [1.29, 1.82) is 0 Å². The van der Waals surface area contributed by atoms with E-state index in [0.29, 0.717) is 40.5 Å². The molecule has 3 aromatic heterocycles. The lowest BCUT2D eigenvalue weighted by molar-refractivity contribution is 0.0360. The summed E-state index contributed by atoms with van der Waals surface area (Å²) in [6.07, 6.45) is 5.86. The van der Waals surface area contributed by atoms with E-state index in [0.717, 1.165) is 63.7 Å². The first-order chi connectivity index (χ1) is 18.4. The number of ether oxygens (including phenoxy) is 2. The molecule has 5 aromatic rings. The van der Waals surface area contributed by atoms with Gasteiger partial charge in [-0.15, -0.1) is 0 Å². The molecule has 0 aliphatic carbocycles. The lowest BCUT2D eigenvalue weighted by atomic mass is 9.96. The van der Waals surface area contributed by atoms with Crippen LogP contribution in [0.4, 0.5) is 0 Å². The molecular formula is C28H25Cl3N4O3. The number of carbonyl (C=O) groups excluding carboxylic acids is 1. The molecule has 6 rings (SSSR count). The fraction of sp³-hybridized carbons (Fsp3) is 0.250. The zero-order valence-corrected chi connectivity index (χ0v) is 22.9. The minimum Gasteiger partial charge on any atom is -0.464 e. The molecule has 4 heterocycles. The number of fused-ring (bicyclic) bond motifs is 2. The molecule has 7 nitrogen and oxygen atoms in total. The molecule has 1 fully saturated rings. The fourth-order valence-electron chi connectivity index (χ4n) is 5.24. The highest BCUT2D eigenvalue weighted by Crippen LogP contribution is 2.44. The second kappa shape index (κ2) is 10.3. The molecule has 1 saturated heterocycles. The number of carbonyl (C=O) groups is 1. The van der Waals surface area contributed by atoms with Gasteiger partial charge in [0, 0.05) is 93.9 Å². The maximum absolute atomic E-state index is 13.4. The number of H-pyrrole nitrogens is 2. The van der Waals surface area contributed by atoms with Crippen molar-refractivity contribution in [3.63, 3.8) is 0 Å². The third-order valence-corrected chi connectivity index (χ3v) is 8.10. The van der Waals surface area contributed by atoms with E-state index in [2.05, 4.69) is 14.9 Å². The summed E-state index contributed by atoms with van der Waals surface area (Å²) in [6, 6.07) is 9.34. The van der Waals surface area contributed by atoms with E-state index in [1.807, 2.05) is 53.5 Å². The Labute approximate surface area is 234 Å². The number of hydrogen-bond donors (Lipinski definition) is 2. The maximum Gasteiger partial charge on any atom is 0.355 e. The molecule has 0 atom stereocenters. The first-order valence-corrected chi connectivity index (χ1v) is 13.4. The highest BCUT2D eigenvalue weighted by molar-refractivity contribution is 6.43. The molecule has 0 bridgehead atoms. The second-order valence-corrected chi connectivity index (χ2v) is 10.6. The number of esters is 1. The van der Waals surface area contributed by atoms with Crippen LogP contribution in [-0.2, 0) is 16.0 Å². The summed E-state index contributed by atoms with van der Waals surface area (Å²) in [5, 5.41) is 3.36. The lowest BCUT2D eigenvalue weighted by Crippen LogP contribution is -2.38. The van der Waals surface area contributed by atoms with E-state index in [-0.39, 0.29) is 0 Å². The fourth-order valence-corrected chi connectivity index (χ4v) is 5.74. The molecule has 1 aliphatic rings. The van der Waals surface area contributed by atoms with Crippen LogP contribution in [0.1, 0.15) is 10.5 Å². The smallest absolute Gasteiger partial charge is 0.355 e. The summed E-state index contributed by atoms with van der Waals surface area (Å²) in [6.45, 7) is 4.52. The monoisotopic (exact) mass is 570 g/mol. The van der Waals surface area contributed by atoms with Crippen LogP contribution in [0.15, 0.2) is 48.9 Å². The number of morpholine rings is 1. The van der Waals surface area contributed by atoms with Crippen molar-refractivity contribution >= 4 is 62.6 Å². The number of aromatic amines is 2. The molecule has 1 aliphatic heterocycles. The van der Waals surface area contributed by atoms with Crippen LogP contribution in [0.5, 0.6) is 0 Å². The van der Waals surface area contributed by atoms with Gasteiger partial charge in [0.1, 0.15) is 5.69 Å². The topological polar surface area (TPSA) is 75.3 Å². The molecule has 10 heteroatoms. The molecular weight excluding hydrogens is 547 g/mol. The minimum absolute atomic E-state index is 0.412. The first-order valence-electron chi connectivity index (χ1n) is 12.3. The second-order valence-electron chi connectivity index (χ2n) is 9.31. The van der Waals surface area contributed by atoms with E-state index in [1.165, 1.54) is 7.11 Å². The average Bonchev–Trinajstić information content (AvgIpc) is 3.62. The zero-order valence-electron chi connectivity index (χ0n) is 20.6. The summed E-state index contributed by atoms with van der Waals surface area (Å²) in [7, 11) is 1.41. The van der Waals surface area contributed by atoms with Gasteiger partial charge in [0.25, 0.3) is 0 Å². The standard InChI is InChI=1S/C28H25Cl3N4O3/c1-37-28(36)27-26(20-14-32-24-3-2-16(29)10-17(20)24)21(15-35(27)5-4-34-6-8-38-9-7-34)19-13-33-25-12-23(31)22(30)11-18(19)25/h2-3,10-15,32-33H,4-9H2,1H3. The Kier molecular flexibility index (Phi) is 6.88. The Morgan fingerprint density at radius 2 is 1.63 bits per heavy atom. The van der Waals surface area contributed by atoms with Gasteiger partial charge < -0.3 is 24.0 Å². The van der Waals surface area contributed by atoms with Gasteiger partial charge in [-0.3, -0.25) is 4.90 Å². The number of methoxy groups -OCH3 is 1. The largest absolute Gasteiger partial charge is 0.464 e. The Bertz CT molecular complexity index is 1660. The van der Waals surface area contributed by atoms with Crippen molar-refractivity contribution in [2.75, 3.05) is 40.0 Å². The average molecular weight is 572 g/mol. The van der Waals surface area contributed by atoms with Crippen LogP contribution >= 0.6 is 34.8 Å². The number of aromatic nitrogens is 3. The molecule has 0 radical (unpaired) electrons. The molecule has 0 unspecified atom stereocenters. The molecule has 2 N–H and O–H groups in total. The normalized spacial score (nSPS) is 14.5. The number of halogens is 3. The van der Waals surface area contributed by atoms with Crippen LogP contribution in [0.25, 0.3) is 44.1 Å². The van der Waals surface area contributed by atoms with Crippen molar-refractivity contribution in [2.45, 2.75) is 6.54 Å². The van der Waals surface area contributed by atoms with Crippen LogP contribution < -0.4 is 0 Å². The Morgan fingerprint density at radius 1 is 0.921 bits per heavy atom. The van der Waals surface area contributed by atoms with Crippen molar-refractivity contribution < 1.29 is 14.3 Å². The molecule has 2 aromatic carbocycles. The van der Waals surface area contributed by atoms with E-state index < -0.39 is 5.97 Å². The number of rotatable bonds is 6. The van der Waals surface area contributed by atoms with Gasteiger partial charge in [-0.1, -0.05) is 34.8 Å². The molecule has 0 saturated carbocycles. The number of nitrogens with one attached hydrogen (secondary N) is 2. The van der Waals surface area contributed by atoms with Gasteiger partial charge in [-0.05, 0) is 30.3 Å². The summed E-state index contributed by atoms with van der Waals surface area (Å²) in [4.78, 5) is 22.4. The van der Waals surface area contributed by atoms with Gasteiger partial charge in [0.15, 0.2) is 0 Å². The molecule has 0 spiro atoms. The summed E-state index contributed by atoms with van der Waals surface area (Å²) >= 11 is 19.1. The molecule has 38 heavy (non-hydrogen) atoms. The summed E-state index contributed by atoms with van der Waals surface area (Å²) in [5.41, 5.74) is 5.64. The summed E-state index contributed by atoms with van der Waals surface area (Å²) in [5.74, 6) is -0.412. The third-order valence-electron chi connectivity index (χ3n) is 7.14. The van der Waals surface area contributed by atoms with Crippen LogP contribution in [0, 0.1) is 0 Å². The van der Waals surface area contributed by atoms with Gasteiger partial charge in [-0.2, -0.15) is 0 Å². The van der Waals surface area contributed by atoms with Crippen molar-refractivity contribution in [3.8, 4) is 22.3 Å². The SMILES string of the molecule is COC(=O)c1c(-c2c[nH]c3ccc(Cl)cc23)c(-c2c[nH]c3cc(Cl)c(Cl)cc23)cn1CCN1CCOCC1. The van der Waals surface area contributed by atoms with Crippen molar-refractivity contribution in [1.82, 2.24) is 19.4 Å². The number of hydrogen-bond acceptors (Lipinski definition) is 4. The van der Waals surface area contributed by atoms with E-state index in [4.69, 9.17) is 44.3 Å². The first kappa shape index (κ1) is 25.3. The minimum atomic E-state index is -0.412. The van der Waals surface area contributed by atoms with Gasteiger partial charge in [0.2, 0.25) is 0 Å². The zero-order chi connectivity index (χ0) is 26.4. The predicted octanol–water partition coefficient (Wildman–Crippen LogP) is 6.86. The lowest BCUT2D eigenvalue weighted by Gasteiger charge is -2.26. The highest BCUT2D eigenvalue weighted by atomic mass is 35.5. The van der Waals surface area contributed by atoms with E-state index in [1.54, 1.807) is 0 Å². The van der Waals surface area contributed by atoms with Crippen LogP contribution in [0.3, 0.4) is 0 Å². The molecule has 0 amide bonds. The van der Waals surface area contributed by atoms with Gasteiger partial charge in [-0.25, -0.2) is 4.79 Å². The van der Waals surface area contributed by atoms with Gasteiger partial charge in [0.05, 0.1) is 30.4 Å². The van der Waals surface area contributed by atoms with E-state index in [9.17, 15) is 4.79 Å². The van der Waals surface area contributed by atoms with Crippen molar-refractivity contribution in [2.24, 2.45) is 0 Å². The number of nitrogens with zero attached hydrogens (tertiary/aromatic N) is 2. The summed E-state index contributed by atoms with van der Waals surface area (Å²) < 4.78 is 12.8. The maximum atomic E-state index is 13.4.